The van der Waals surface area contributed by atoms with Gasteiger partial charge in [0.15, 0.2) is 11.5 Å². The molecule has 2 aromatic carbocycles. The predicted octanol–water partition coefficient (Wildman–Crippen LogP) is 4.07. The highest BCUT2D eigenvalue weighted by Gasteiger charge is 2.41. The Morgan fingerprint density at radius 1 is 1.07 bits per heavy atom. The smallest absolute Gasteiger partial charge is 0.166 e. The van der Waals surface area contributed by atoms with Gasteiger partial charge in [0.1, 0.15) is 5.60 Å². The molecule has 142 valence electrons. The van der Waals surface area contributed by atoms with Crippen LogP contribution in [-0.2, 0) is 19.4 Å². The molecule has 27 heavy (non-hydrogen) atoms. The number of nitrogens with zero attached hydrogens (tertiary/aromatic N) is 1. The molecule has 1 N–H and O–H groups in total. The fraction of sp³-hybridized carbons (Fsp3) is 0.435. The van der Waals surface area contributed by atoms with Crippen molar-refractivity contribution >= 4 is 5.71 Å². The van der Waals surface area contributed by atoms with Gasteiger partial charge in [0.25, 0.3) is 0 Å². The highest BCUT2D eigenvalue weighted by molar-refractivity contribution is 6.16. The maximum atomic E-state index is 10.2. The number of ether oxygens (including phenoxy) is 2. The molecule has 0 atom stereocenters. The molecule has 4 nitrogen and oxygen atoms in total. The average Bonchev–Trinajstić information content (AvgIpc) is 2.94. The Morgan fingerprint density at radius 2 is 1.78 bits per heavy atom. The molecule has 2 aliphatic heterocycles. The van der Waals surface area contributed by atoms with Crippen LogP contribution in [0.3, 0.4) is 0 Å². The van der Waals surface area contributed by atoms with Crippen LogP contribution < -0.4 is 9.47 Å². The summed E-state index contributed by atoms with van der Waals surface area (Å²) in [6, 6.07) is 10.3. The number of hydrogen-bond donors (Lipinski definition) is 1. The van der Waals surface area contributed by atoms with E-state index in [4.69, 9.17) is 14.5 Å². The van der Waals surface area contributed by atoms with Crippen LogP contribution in [0.5, 0.6) is 11.5 Å². The van der Waals surface area contributed by atoms with E-state index >= 15 is 0 Å². The van der Waals surface area contributed by atoms with Gasteiger partial charge in [-0.05, 0) is 39.7 Å². The van der Waals surface area contributed by atoms with Crippen molar-refractivity contribution < 1.29 is 14.6 Å². The summed E-state index contributed by atoms with van der Waals surface area (Å²) in [7, 11) is 1.65. The van der Waals surface area contributed by atoms with Crippen LogP contribution >= 0.6 is 0 Å². The van der Waals surface area contributed by atoms with Gasteiger partial charge in [0.2, 0.25) is 0 Å². The van der Waals surface area contributed by atoms with Crippen LogP contribution in [-0.4, -0.2) is 29.1 Å². The average molecular weight is 365 g/mol. The third-order valence-electron chi connectivity index (χ3n) is 5.37. The minimum atomic E-state index is -0.313. The first-order valence-corrected chi connectivity index (χ1v) is 9.46. The molecule has 0 saturated carbocycles. The Kier molecular flexibility index (Phi) is 4.08. The zero-order valence-corrected chi connectivity index (χ0v) is 16.7. The fourth-order valence-corrected chi connectivity index (χ4v) is 4.37. The molecule has 0 amide bonds. The summed E-state index contributed by atoms with van der Waals surface area (Å²) in [6.45, 7) is 8.37. The van der Waals surface area contributed by atoms with Gasteiger partial charge >= 0.3 is 0 Å². The fourth-order valence-electron chi connectivity index (χ4n) is 4.37. The minimum absolute atomic E-state index is 0.0826. The maximum absolute atomic E-state index is 10.2. The number of hydrogen-bond acceptors (Lipinski definition) is 4. The van der Waals surface area contributed by atoms with E-state index in [9.17, 15) is 5.11 Å². The van der Waals surface area contributed by atoms with Gasteiger partial charge in [-0.1, -0.05) is 30.3 Å². The summed E-state index contributed by atoms with van der Waals surface area (Å²) >= 11 is 0. The number of methoxy groups -OCH3 is 1. The van der Waals surface area contributed by atoms with Crippen molar-refractivity contribution in [3.63, 3.8) is 0 Å². The number of aliphatic hydroxyl groups is 1. The van der Waals surface area contributed by atoms with E-state index in [-0.39, 0.29) is 17.7 Å². The van der Waals surface area contributed by atoms with Gasteiger partial charge in [-0.2, -0.15) is 0 Å². The van der Waals surface area contributed by atoms with Crippen molar-refractivity contribution in [3.05, 3.63) is 58.1 Å². The molecule has 0 bridgehead atoms. The number of aliphatic hydroxyl groups excluding tert-OH is 1. The molecule has 2 aliphatic rings. The summed E-state index contributed by atoms with van der Waals surface area (Å²) in [5.74, 6) is 1.43. The lowest BCUT2D eigenvalue weighted by Crippen LogP contribution is -2.31. The van der Waals surface area contributed by atoms with Crippen LogP contribution in [0.25, 0.3) is 0 Å². The van der Waals surface area contributed by atoms with Crippen molar-refractivity contribution in [2.45, 2.75) is 58.3 Å². The Balaban J connectivity index is 2.07. The zero-order chi connectivity index (χ0) is 19.4. The first-order chi connectivity index (χ1) is 12.8. The van der Waals surface area contributed by atoms with Gasteiger partial charge in [-0.25, -0.2) is 0 Å². The molecule has 0 aromatic heterocycles. The van der Waals surface area contributed by atoms with Crippen molar-refractivity contribution in [2.75, 3.05) is 7.11 Å². The molecule has 0 fully saturated rings. The molecule has 0 radical (unpaired) electrons. The standard InChI is InChI=1S/C23H27NO3/c1-22(2)11-15-17(13-25)20(26-5)21-16(12-23(3,4)27-21)18(15)19(24-22)14-9-7-6-8-10-14/h6-10,25H,11-13H2,1-5H3. The van der Waals surface area contributed by atoms with E-state index < -0.39 is 0 Å². The maximum Gasteiger partial charge on any atom is 0.166 e. The van der Waals surface area contributed by atoms with E-state index in [2.05, 4.69) is 39.8 Å². The van der Waals surface area contributed by atoms with E-state index in [1.807, 2.05) is 18.2 Å². The summed E-state index contributed by atoms with van der Waals surface area (Å²) < 4.78 is 12.0. The normalized spacial score (nSPS) is 19.0. The lowest BCUT2D eigenvalue weighted by atomic mass is 9.78. The molecule has 0 saturated heterocycles. The Bertz CT molecular complexity index is 927. The first-order valence-electron chi connectivity index (χ1n) is 9.46. The minimum Gasteiger partial charge on any atom is -0.492 e. The van der Waals surface area contributed by atoms with Gasteiger partial charge in [-0.15, -0.1) is 0 Å². The lowest BCUT2D eigenvalue weighted by Gasteiger charge is -2.32. The summed E-state index contributed by atoms with van der Waals surface area (Å²) in [5, 5.41) is 10.2. The van der Waals surface area contributed by atoms with Gasteiger partial charge in [0, 0.05) is 28.7 Å². The molecule has 2 aromatic rings. The second-order valence-electron chi connectivity index (χ2n) is 8.69. The van der Waals surface area contributed by atoms with Crippen molar-refractivity contribution in [1.82, 2.24) is 0 Å². The molecule has 4 rings (SSSR count). The lowest BCUT2D eigenvalue weighted by molar-refractivity contribution is 0.133. The highest BCUT2D eigenvalue weighted by atomic mass is 16.5. The molecule has 0 spiro atoms. The topological polar surface area (TPSA) is 51.0 Å². The summed E-state index contributed by atoms with van der Waals surface area (Å²) in [4.78, 5) is 5.12. The summed E-state index contributed by atoms with van der Waals surface area (Å²) in [6.07, 6.45) is 1.55. The molecule has 4 heteroatoms. The van der Waals surface area contributed by atoms with Crippen molar-refractivity contribution in [3.8, 4) is 11.5 Å². The first kappa shape index (κ1) is 18.1. The number of benzene rings is 2. The van der Waals surface area contributed by atoms with E-state index in [1.54, 1.807) is 7.11 Å². The molecular formula is C23H27NO3. The van der Waals surface area contributed by atoms with Gasteiger partial charge in [0.05, 0.1) is 25.0 Å². The molecule has 0 aliphatic carbocycles. The second-order valence-corrected chi connectivity index (χ2v) is 8.69. The third-order valence-corrected chi connectivity index (χ3v) is 5.37. The van der Waals surface area contributed by atoms with E-state index in [0.717, 1.165) is 52.1 Å². The predicted molar refractivity (Wildman–Crippen MR) is 107 cm³/mol. The van der Waals surface area contributed by atoms with Gasteiger partial charge < -0.3 is 14.6 Å². The Morgan fingerprint density at radius 3 is 2.41 bits per heavy atom. The van der Waals surface area contributed by atoms with Crippen molar-refractivity contribution in [1.29, 1.82) is 0 Å². The van der Waals surface area contributed by atoms with Crippen LogP contribution in [0.2, 0.25) is 0 Å². The van der Waals surface area contributed by atoms with E-state index in [1.165, 1.54) is 0 Å². The summed E-state index contributed by atoms with van der Waals surface area (Å²) in [5.41, 5.74) is 5.72. The quantitative estimate of drug-likeness (QED) is 0.892. The van der Waals surface area contributed by atoms with E-state index in [0.29, 0.717) is 5.75 Å². The van der Waals surface area contributed by atoms with Crippen LogP contribution in [0.1, 0.15) is 55.5 Å². The number of fused-ring (bicyclic) bond motifs is 3. The monoisotopic (exact) mass is 365 g/mol. The van der Waals surface area contributed by atoms with Crippen LogP contribution in [0, 0.1) is 0 Å². The molecule has 2 heterocycles. The SMILES string of the molecule is COc1c(CO)c2c(c3c1OC(C)(C)C3)C(c1ccccc1)=NC(C)(C)C2. The third kappa shape index (κ3) is 2.92. The molecule has 0 unspecified atom stereocenters. The van der Waals surface area contributed by atoms with Crippen LogP contribution in [0.15, 0.2) is 35.3 Å². The Hall–Kier alpha value is -2.33. The van der Waals surface area contributed by atoms with Crippen molar-refractivity contribution in [2.24, 2.45) is 4.99 Å². The highest BCUT2D eigenvalue weighted by Crippen LogP contribution is 2.50. The van der Waals surface area contributed by atoms with Gasteiger partial charge in [-0.3, -0.25) is 4.99 Å². The largest absolute Gasteiger partial charge is 0.492 e. The number of aliphatic imine (C=N–C) groups is 1. The van der Waals surface area contributed by atoms with Crippen LogP contribution in [0.4, 0.5) is 0 Å². The zero-order valence-electron chi connectivity index (χ0n) is 16.7. The number of rotatable bonds is 3. The Labute approximate surface area is 160 Å². The second kappa shape index (κ2) is 6.10. The molecular weight excluding hydrogens is 338 g/mol.